The third-order valence-electron chi connectivity index (χ3n) is 4.37. The third-order valence-corrected chi connectivity index (χ3v) is 7.27. The Morgan fingerprint density at radius 1 is 1.13 bits per heavy atom. The number of thiazole rings is 1. The highest BCUT2D eigenvalue weighted by Crippen LogP contribution is 2.35. The topological polar surface area (TPSA) is 97.8 Å². The Morgan fingerprint density at radius 3 is 2.52 bits per heavy atom. The van der Waals surface area contributed by atoms with E-state index < -0.39 is 15.9 Å². The van der Waals surface area contributed by atoms with E-state index in [1.165, 1.54) is 43.6 Å². The molecule has 3 rings (SSSR count). The number of carbonyl (C=O) groups is 1. The van der Waals surface area contributed by atoms with Crippen LogP contribution in [0.1, 0.15) is 10.4 Å². The number of halogens is 1. The van der Waals surface area contributed by atoms with Gasteiger partial charge in [-0.3, -0.25) is 10.1 Å². The van der Waals surface area contributed by atoms with Gasteiger partial charge in [-0.1, -0.05) is 11.6 Å². The van der Waals surface area contributed by atoms with Gasteiger partial charge < -0.3 is 9.47 Å². The van der Waals surface area contributed by atoms with E-state index in [0.717, 1.165) is 9.87 Å². The Labute approximate surface area is 189 Å². The van der Waals surface area contributed by atoms with Crippen LogP contribution in [0.25, 0.3) is 11.3 Å². The van der Waals surface area contributed by atoms with E-state index in [9.17, 15) is 13.2 Å². The van der Waals surface area contributed by atoms with Crippen LogP contribution in [-0.4, -0.2) is 51.9 Å². The highest BCUT2D eigenvalue weighted by molar-refractivity contribution is 7.89. The van der Waals surface area contributed by atoms with Crippen LogP contribution in [0.3, 0.4) is 0 Å². The molecule has 0 fully saturated rings. The molecule has 0 saturated heterocycles. The average Bonchev–Trinajstić information content (AvgIpc) is 3.21. The lowest BCUT2D eigenvalue weighted by atomic mass is 10.1. The first-order valence-electron chi connectivity index (χ1n) is 8.88. The van der Waals surface area contributed by atoms with E-state index >= 15 is 0 Å². The Bertz CT molecular complexity index is 1230. The maximum atomic E-state index is 12.8. The van der Waals surface area contributed by atoms with Gasteiger partial charge in [-0.25, -0.2) is 17.7 Å². The molecule has 0 radical (unpaired) electrons. The molecule has 11 heteroatoms. The summed E-state index contributed by atoms with van der Waals surface area (Å²) in [5, 5.41) is 4.90. The standard InChI is InChI=1S/C20H20ClN3O5S2/c1-24(2)31(26,27)13-6-8-16(21)15(10-13)19(25)23-20-22-17(11-30-20)14-7-5-12(28-3)9-18(14)29-4/h5-11H,1-4H3,(H,22,23,25). The fourth-order valence-electron chi connectivity index (χ4n) is 2.68. The summed E-state index contributed by atoms with van der Waals surface area (Å²) in [7, 11) is 2.22. The first kappa shape index (κ1) is 23.0. The predicted molar refractivity (Wildman–Crippen MR) is 121 cm³/mol. The Hall–Kier alpha value is -2.66. The molecule has 0 aliphatic heterocycles. The van der Waals surface area contributed by atoms with Gasteiger partial charge in [0.1, 0.15) is 11.5 Å². The first-order chi connectivity index (χ1) is 14.7. The number of sulfonamides is 1. The Morgan fingerprint density at radius 2 is 1.87 bits per heavy atom. The molecular formula is C20H20ClN3O5S2. The summed E-state index contributed by atoms with van der Waals surface area (Å²) in [6.07, 6.45) is 0. The lowest BCUT2D eigenvalue weighted by Gasteiger charge is -2.13. The summed E-state index contributed by atoms with van der Waals surface area (Å²) >= 11 is 7.36. The van der Waals surface area contributed by atoms with Gasteiger partial charge in [0.2, 0.25) is 10.0 Å². The number of methoxy groups -OCH3 is 2. The first-order valence-corrected chi connectivity index (χ1v) is 11.6. The normalized spacial score (nSPS) is 11.4. The molecular weight excluding hydrogens is 462 g/mol. The summed E-state index contributed by atoms with van der Waals surface area (Å²) < 4.78 is 36.4. The van der Waals surface area contributed by atoms with Crippen molar-refractivity contribution in [3.05, 3.63) is 52.4 Å². The number of hydrogen-bond donors (Lipinski definition) is 1. The molecule has 3 aromatic rings. The van der Waals surface area contributed by atoms with E-state index in [1.54, 1.807) is 31.7 Å². The van der Waals surface area contributed by atoms with Crippen LogP contribution in [0, 0.1) is 0 Å². The second-order valence-electron chi connectivity index (χ2n) is 6.49. The zero-order chi connectivity index (χ0) is 22.8. The summed E-state index contributed by atoms with van der Waals surface area (Å²) in [6, 6.07) is 9.31. The quantitative estimate of drug-likeness (QED) is 0.548. The van der Waals surface area contributed by atoms with Gasteiger partial charge in [0, 0.05) is 31.1 Å². The van der Waals surface area contributed by atoms with Crippen molar-refractivity contribution in [2.24, 2.45) is 0 Å². The summed E-state index contributed by atoms with van der Waals surface area (Å²) in [5.74, 6) is 0.655. The maximum Gasteiger partial charge on any atom is 0.259 e. The van der Waals surface area contributed by atoms with Crippen molar-refractivity contribution >= 4 is 44.0 Å². The van der Waals surface area contributed by atoms with E-state index in [1.807, 2.05) is 6.07 Å². The molecule has 0 spiro atoms. The predicted octanol–water partition coefficient (Wildman–Crippen LogP) is 3.98. The molecule has 1 aromatic heterocycles. The lowest BCUT2D eigenvalue weighted by Crippen LogP contribution is -2.23. The van der Waals surface area contributed by atoms with Crippen molar-refractivity contribution < 1.29 is 22.7 Å². The highest BCUT2D eigenvalue weighted by atomic mass is 35.5. The van der Waals surface area contributed by atoms with E-state index in [2.05, 4.69) is 10.3 Å². The molecule has 1 heterocycles. The maximum absolute atomic E-state index is 12.8. The molecule has 31 heavy (non-hydrogen) atoms. The zero-order valence-corrected chi connectivity index (χ0v) is 19.6. The van der Waals surface area contributed by atoms with Gasteiger partial charge in [0.25, 0.3) is 5.91 Å². The van der Waals surface area contributed by atoms with Gasteiger partial charge in [-0.15, -0.1) is 11.3 Å². The van der Waals surface area contributed by atoms with E-state index in [-0.39, 0.29) is 15.5 Å². The average molecular weight is 482 g/mol. The van der Waals surface area contributed by atoms with Crippen molar-refractivity contribution in [1.82, 2.24) is 9.29 Å². The van der Waals surface area contributed by atoms with Gasteiger partial charge >= 0.3 is 0 Å². The third kappa shape index (κ3) is 4.82. The fourth-order valence-corrected chi connectivity index (χ4v) is 4.52. The monoisotopic (exact) mass is 481 g/mol. The van der Waals surface area contributed by atoms with Crippen LogP contribution in [0.4, 0.5) is 5.13 Å². The number of amides is 1. The minimum absolute atomic E-state index is 0.0309. The number of rotatable bonds is 7. The SMILES string of the molecule is COc1ccc(-c2csc(NC(=O)c3cc(S(=O)(=O)N(C)C)ccc3Cl)n2)c(OC)c1. The van der Waals surface area contributed by atoms with Gasteiger partial charge in [-0.05, 0) is 30.3 Å². The molecule has 0 atom stereocenters. The summed E-state index contributed by atoms with van der Waals surface area (Å²) in [4.78, 5) is 17.2. The van der Waals surface area contributed by atoms with Crippen molar-refractivity contribution in [3.63, 3.8) is 0 Å². The number of nitrogens with one attached hydrogen (secondary N) is 1. The number of ether oxygens (including phenoxy) is 2. The Balaban J connectivity index is 1.87. The second kappa shape index (κ2) is 9.23. The van der Waals surface area contributed by atoms with Gasteiger partial charge in [0.15, 0.2) is 5.13 Å². The number of benzene rings is 2. The zero-order valence-electron chi connectivity index (χ0n) is 17.2. The largest absolute Gasteiger partial charge is 0.497 e. The van der Waals surface area contributed by atoms with E-state index in [0.29, 0.717) is 22.3 Å². The molecule has 2 aromatic carbocycles. The number of aromatic nitrogens is 1. The summed E-state index contributed by atoms with van der Waals surface area (Å²) in [5.41, 5.74) is 1.37. The van der Waals surface area contributed by atoms with Crippen molar-refractivity contribution in [3.8, 4) is 22.8 Å². The number of carbonyl (C=O) groups excluding carboxylic acids is 1. The number of hydrogen-bond acceptors (Lipinski definition) is 7. The van der Waals surface area contributed by atoms with Crippen molar-refractivity contribution in [1.29, 1.82) is 0 Å². The highest BCUT2D eigenvalue weighted by Gasteiger charge is 2.21. The smallest absolute Gasteiger partial charge is 0.259 e. The van der Waals surface area contributed by atoms with Crippen LogP contribution >= 0.6 is 22.9 Å². The number of nitrogens with zero attached hydrogens (tertiary/aromatic N) is 2. The minimum atomic E-state index is -3.71. The van der Waals surface area contributed by atoms with E-state index in [4.69, 9.17) is 21.1 Å². The molecule has 0 aliphatic carbocycles. The fraction of sp³-hybridized carbons (Fsp3) is 0.200. The van der Waals surface area contributed by atoms with Crippen LogP contribution < -0.4 is 14.8 Å². The lowest BCUT2D eigenvalue weighted by molar-refractivity contribution is 0.102. The van der Waals surface area contributed by atoms with Crippen LogP contribution in [0.2, 0.25) is 5.02 Å². The van der Waals surface area contributed by atoms with Crippen LogP contribution in [0.5, 0.6) is 11.5 Å². The van der Waals surface area contributed by atoms with Gasteiger partial charge in [0.05, 0.1) is 35.4 Å². The molecule has 0 aliphatic rings. The molecule has 0 bridgehead atoms. The molecule has 0 saturated carbocycles. The molecule has 164 valence electrons. The molecule has 0 unspecified atom stereocenters. The second-order valence-corrected chi connectivity index (χ2v) is 9.90. The van der Waals surface area contributed by atoms with Crippen molar-refractivity contribution in [2.75, 3.05) is 33.6 Å². The van der Waals surface area contributed by atoms with Gasteiger partial charge in [-0.2, -0.15) is 0 Å². The molecule has 1 N–H and O–H groups in total. The number of anilines is 1. The molecule has 1 amide bonds. The van der Waals surface area contributed by atoms with Crippen molar-refractivity contribution in [2.45, 2.75) is 4.90 Å². The summed E-state index contributed by atoms with van der Waals surface area (Å²) in [6.45, 7) is 0. The minimum Gasteiger partial charge on any atom is -0.497 e. The van der Waals surface area contributed by atoms with Crippen LogP contribution in [-0.2, 0) is 10.0 Å². The van der Waals surface area contributed by atoms with Crippen LogP contribution in [0.15, 0.2) is 46.7 Å². The molecule has 8 nitrogen and oxygen atoms in total. The Kier molecular flexibility index (Phi) is 6.85.